The number of hydrogen-bond acceptors (Lipinski definition) is 3. The van der Waals surface area contributed by atoms with E-state index in [-0.39, 0.29) is 0 Å². The Morgan fingerprint density at radius 1 is 1.46 bits per heavy atom. The number of nitrogens with two attached hydrogens (primary N) is 1. The van der Waals surface area contributed by atoms with Crippen molar-refractivity contribution in [2.24, 2.45) is 5.73 Å². The van der Waals surface area contributed by atoms with Gasteiger partial charge in [-0.3, -0.25) is 0 Å². The molecule has 0 unspecified atom stereocenters. The van der Waals surface area contributed by atoms with Gasteiger partial charge in [-0.15, -0.1) is 11.3 Å². The molecule has 0 aliphatic rings. The van der Waals surface area contributed by atoms with E-state index in [0.717, 1.165) is 5.52 Å². The molecule has 0 spiro atoms. The van der Waals surface area contributed by atoms with E-state index < -0.39 is 0 Å². The molecule has 0 aliphatic carbocycles. The Bertz CT molecular complexity index is 431. The zero-order valence-corrected chi connectivity index (χ0v) is 7.92. The van der Waals surface area contributed by atoms with Gasteiger partial charge in [0.2, 0.25) is 0 Å². The molecule has 66 valence electrons. The van der Waals surface area contributed by atoms with Gasteiger partial charge in [0, 0.05) is 6.54 Å². The lowest BCUT2D eigenvalue weighted by Gasteiger charge is -1.92. The molecule has 0 saturated heterocycles. The summed E-state index contributed by atoms with van der Waals surface area (Å²) < 4.78 is 1.22. The second-order valence-electron chi connectivity index (χ2n) is 2.72. The third-order valence-corrected chi connectivity index (χ3v) is 2.59. The van der Waals surface area contributed by atoms with Crippen molar-refractivity contribution in [1.82, 2.24) is 4.98 Å². The third-order valence-electron chi connectivity index (χ3n) is 1.80. The summed E-state index contributed by atoms with van der Waals surface area (Å²) in [5.74, 6) is 0. The van der Waals surface area contributed by atoms with E-state index in [0.29, 0.717) is 6.54 Å². The number of thiazole rings is 1. The van der Waals surface area contributed by atoms with E-state index in [9.17, 15) is 0 Å². The average molecular weight is 190 g/mol. The number of nitrogens with zero attached hydrogens (tertiary/aromatic N) is 1. The summed E-state index contributed by atoms with van der Waals surface area (Å²) in [4.78, 5) is 4.21. The molecule has 0 saturated carbocycles. The van der Waals surface area contributed by atoms with E-state index in [1.165, 1.54) is 10.3 Å². The molecule has 0 aliphatic heterocycles. The highest BCUT2D eigenvalue weighted by Crippen LogP contribution is 2.19. The summed E-state index contributed by atoms with van der Waals surface area (Å²) >= 11 is 1.66. The molecule has 0 amide bonds. The minimum atomic E-state index is 0.584. The molecule has 0 radical (unpaired) electrons. The lowest BCUT2D eigenvalue weighted by atomic mass is 10.2. The first kappa shape index (κ1) is 8.41. The number of hydrogen-bond donors (Lipinski definition) is 1. The highest BCUT2D eigenvalue weighted by molar-refractivity contribution is 7.16. The fourth-order valence-electron chi connectivity index (χ4n) is 1.18. The minimum absolute atomic E-state index is 0.584. The largest absolute Gasteiger partial charge is 0.327 e. The van der Waals surface area contributed by atoms with Crippen molar-refractivity contribution in [1.29, 1.82) is 0 Å². The van der Waals surface area contributed by atoms with Gasteiger partial charge in [0.05, 0.1) is 15.7 Å². The highest BCUT2D eigenvalue weighted by Gasteiger charge is 1.95. The van der Waals surface area contributed by atoms with E-state index in [1.807, 2.05) is 29.8 Å². The number of fused-ring (bicyclic) bond motifs is 1. The van der Waals surface area contributed by atoms with Crippen LogP contribution >= 0.6 is 11.3 Å². The molecule has 0 fully saturated rings. The zero-order valence-electron chi connectivity index (χ0n) is 7.10. The predicted molar refractivity (Wildman–Crippen MR) is 57.7 cm³/mol. The van der Waals surface area contributed by atoms with E-state index in [1.54, 1.807) is 11.3 Å². The monoisotopic (exact) mass is 190 g/mol. The van der Waals surface area contributed by atoms with Crippen LogP contribution < -0.4 is 5.73 Å². The second kappa shape index (κ2) is 3.68. The smallest absolute Gasteiger partial charge is 0.0812 e. The van der Waals surface area contributed by atoms with Crippen LogP contribution in [0.25, 0.3) is 16.3 Å². The summed E-state index contributed by atoms with van der Waals surface area (Å²) in [6, 6.07) is 6.20. The number of benzene rings is 1. The summed E-state index contributed by atoms with van der Waals surface area (Å²) in [5.41, 5.74) is 9.48. The van der Waals surface area contributed by atoms with Crippen molar-refractivity contribution in [3.05, 3.63) is 35.3 Å². The van der Waals surface area contributed by atoms with Crippen LogP contribution in [-0.2, 0) is 0 Å². The van der Waals surface area contributed by atoms with E-state index >= 15 is 0 Å². The molecule has 1 aromatic heterocycles. The Morgan fingerprint density at radius 3 is 3.23 bits per heavy atom. The maximum absolute atomic E-state index is 5.37. The number of rotatable bonds is 2. The first-order chi connectivity index (χ1) is 6.40. The van der Waals surface area contributed by atoms with Gasteiger partial charge in [0.1, 0.15) is 0 Å². The standard InChI is InChI=1S/C10H10N2S/c11-5-1-2-8-3-4-9-10(6-8)13-7-12-9/h1-4,6-7H,5,11H2. The predicted octanol–water partition coefficient (Wildman–Crippen LogP) is 2.27. The van der Waals surface area contributed by atoms with Crippen LogP contribution in [0.4, 0.5) is 0 Å². The van der Waals surface area contributed by atoms with Crippen molar-refractivity contribution < 1.29 is 0 Å². The Balaban J connectivity index is 2.42. The molecule has 0 bridgehead atoms. The Kier molecular flexibility index (Phi) is 2.38. The number of aromatic nitrogens is 1. The molecule has 13 heavy (non-hydrogen) atoms. The van der Waals surface area contributed by atoms with Crippen molar-refractivity contribution in [3.8, 4) is 0 Å². The average Bonchev–Trinajstić information content (AvgIpc) is 2.61. The minimum Gasteiger partial charge on any atom is -0.327 e. The lowest BCUT2D eigenvalue weighted by Crippen LogP contribution is -1.91. The summed E-state index contributed by atoms with van der Waals surface area (Å²) in [7, 11) is 0. The Morgan fingerprint density at radius 2 is 2.38 bits per heavy atom. The van der Waals surface area contributed by atoms with Gasteiger partial charge in [0.15, 0.2) is 0 Å². The van der Waals surface area contributed by atoms with E-state index in [4.69, 9.17) is 5.73 Å². The van der Waals surface area contributed by atoms with Crippen LogP contribution in [0.2, 0.25) is 0 Å². The van der Waals surface area contributed by atoms with Crippen LogP contribution in [0.5, 0.6) is 0 Å². The highest BCUT2D eigenvalue weighted by atomic mass is 32.1. The molecule has 3 heteroatoms. The fraction of sp³-hybridized carbons (Fsp3) is 0.100. The van der Waals surface area contributed by atoms with Gasteiger partial charge in [-0.05, 0) is 17.7 Å². The van der Waals surface area contributed by atoms with Gasteiger partial charge in [0.25, 0.3) is 0 Å². The second-order valence-corrected chi connectivity index (χ2v) is 3.60. The molecule has 2 rings (SSSR count). The van der Waals surface area contributed by atoms with Crippen LogP contribution in [0.1, 0.15) is 5.56 Å². The van der Waals surface area contributed by atoms with Gasteiger partial charge in [-0.25, -0.2) is 4.98 Å². The van der Waals surface area contributed by atoms with Crippen molar-refractivity contribution in [2.75, 3.05) is 6.54 Å². The van der Waals surface area contributed by atoms with Crippen LogP contribution in [-0.4, -0.2) is 11.5 Å². The maximum Gasteiger partial charge on any atom is 0.0812 e. The topological polar surface area (TPSA) is 38.9 Å². The molecule has 2 nitrogen and oxygen atoms in total. The Hall–Kier alpha value is -1.19. The fourth-order valence-corrected chi connectivity index (χ4v) is 1.90. The molecule has 0 atom stereocenters. The first-order valence-corrected chi connectivity index (χ1v) is 4.98. The SMILES string of the molecule is NCC=Cc1ccc2ncsc2c1. The molecule has 2 N–H and O–H groups in total. The first-order valence-electron chi connectivity index (χ1n) is 4.10. The van der Waals surface area contributed by atoms with Gasteiger partial charge in [-0.1, -0.05) is 18.2 Å². The summed E-state index contributed by atoms with van der Waals surface area (Å²) in [6.45, 7) is 0.584. The molecule has 1 aromatic carbocycles. The molecule has 1 heterocycles. The normalized spacial score (nSPS) is 11.5. The van der Waals surface area contributed by atoms with Crippen molar-refractivity contribution >= 4 is 27.6 Å². The van der Waals surface area contributed by atoms with Crippen molar-refractivity contribution in [3.63, 3.8) is 0 Å². The summed E-state index contributed by atoms with van der Waals surface area (Å²) in [5, 5.41) is 0. The quantitative estimate of drug-likeness (QED) is 0.789. The van der Waals surface area contributed by atoms with E-state index in [2.05, 4.69) is 11.1 Å². The molecular weight excluding hydrogens is 180 g/mol. The van der Waals surface area contributed by atoms with Gasteiger partial charge < -0.3 is 5.73 Å². The molecular formula is C10H10N2S. The maximum atomic E-state index is 5.37. The zero-order chi connectivity index (χ0) is 9.10. The molecule has 2 aromatic rings. The van der Waals surface area contributed by atoms with Crippen LogP contribution in [0, 0.1) is 0 Å². The van der Waals surface area contributed by atoms with Crippen LogP contribution in [0.3, 0.4) is 0 Å². The lowest BCUT2D eigenvalue weighted by molar-refractivity contribution is 1.26. The van der Waals surface area contributed by atoms with Crippen molar-refractivity contribution in [2.45, 2.75) is 0 Å². The third kappa shape index (κ3) is 1.76. The summed E-state index contributed by atoms with van der Waals surface area (Å²) in [6.07, 6.45) is 3.97. The van der Waals surface area contributed by atoms with Crippen LogP contribution in [0.15, 0.2) is 29.8 Å². The Labute approximate surface area is 80.7 Å². The van der Waals surface area contributed by atoms with Gasteiger partial charge >= 0.3 is 0 Å². The van der Waals surface area contributed by atoms with Gasteiger partial charge in [-0.2, -0.15) is 0 Å².